The van der Waals surface area contributed by atoms with Crippen molar-refractivity contribution in [3.8, 4) is 11.3 Å². The molecule has 9 heteroatoms. The quantitative estimate of drug-likeness (QED) is 0.422. The van der Waals surface area contributed by atoms with Crippen LogP contribution in [0.5, 0.6) is 0 Å². The summed E-state index contributed by atoms with van der Waals surface area (Å²) in [5.41, 5.74) is 3.63. The molecule has 7 nitrogen and oxygen atoms in total. The summed E-state index contributed by atoms with van der Waals surface area (Å²) in [6.07, 6.45) is 1.33. The first-order valence-corrected chi connectivity index (χ1v) is 12.8. The minimum absolute atomic E-state index is 0.0806. The minimum Gasteiger partial charge on any atom is -0.325 e. The molecule has 0 aliphatic carbocycles. The fourth-order valence-corrected chi connectivity index (χ4v) is 5.76. The van der Waals surface area contributed by atoms with Crippen molar-refractivity contribution in [1.29, 1.82) is 0 Å². The van der Waals surface area contributed by atoms with Crippen LogP contribution in [0.3, 0.4) is 0 Å². The van der Waals surface area contributed by atoms with Crippen LogP contribution in [0.2, 0.25) is 0 Å². The highest BCUT2D eigenvalue weighted by Gasteiger charge is 2.35. The lowest BCUT2D eigenvalue weighted by atomic mass is 10.0. The average molecular weight is 469 g/mol. The maximum absolute atomic E-state index is 13.0. The van der Waals surface area contributed by atoms with Crippen LogP contribution >= 0.6 is 11.8 Å². The van der Waals surface area contributed by atoms with Gasteiger partial charge in [0.15, 0.2) is 5.16 Å². The molecule has 0 atom stereocenters. The van der Waals surface area contributed by atoms with Gasteiger partial charge in [0.25, 0.3) is 10.0 Å². The largest absolute Gasteiger partial charge is 0.325 e. The first-order valence-electron chi connectivity index (χ1n) is 10.3. The molecule has 1 aliphatic rings. The Labute approximate surface area is 192 Å². The van der Waals surface area contributed by atoms with Crippen molar-refractivity contribution in [2.45, 2.75) is 36.7 Å². The Hall–Kier alpha value is -2.91. The number of benzene rings is 2. The van der Waals surface area contributed by atoms with Gasteiger partial charge in [-0.1, -0.05) is 55.9 Å². The Morgan fingerprint density at radius 2 is 1.84 bits per heavy atom. The third-order valence-electron chi connectivity index (χ3n) is 5.21. The van der Waals surface area contributed by atoms with Gasteiger partial charge < -0.3 is 5.32 Å². The van der Waals surface area contributed by atoms with Gasteiger partial charge in [-0.3, -0.25) is 9.10 Å². The molecule has 1 N–H and O–H groups in total. The topological polar surface area (TPSA) is 92.3 Å². The number of nitrogens with one attached hydrogen (secondary N) is 1. The maximum Gasteiger partial charge on any atom is 0.268 e. The Balaban J connectivity index is 1.52. The number of amides is 1. The number of carbonyl (C=O) groups is 1. The van der Waals surface area contributed by atoms with Gasteiger partial charge in [0.2, 0.25) is 5.91 Å². The number of hydrogen-bond acceptors (Lipinski definition) is 6. The molecule has 0 spiro atoms. The van der Waals surface area contributed by atoms with Crippen molar-refractivity contribution in [3.05, 3.63) is 60.3 Å². The number of rotatable bonds is 6. The Bertz CT molecular complexity index is 1260. The molecule has 166 valence electrons. The lowest BCUT2D eigenvalue weighted by Gasteiger charge is -2.30. The van der Waals surface area contributed by atoms with Crippen molar-refractivity contribution in [2.75, 3.05) is 21.9 Å². The first-order chi connectivity index (χ1) is 15.3. The van der Waals surface area contributed by atoms with Crippen LogP contribution in [-0.2, 0) is 14.8 Å². The fraction of sp³-hybridized carbons (Fsp3) is 0.261. The molecular formula is C23H24N4O3S2. The van der Waals surface area contributed by atoms with E-state index < -0.39 is 10.0 Å². The molecule has 1 aromatic heterocycles. The van der Waals surface area contributed by atoms with Gasteiger partial charge in [-0.2, -0.15) is 0 Å². The Morgan fingerprint density at radius 1 is 1.12 bits per heavy atom. The summed E-state index contributed by atoms with van der Waals surface area (Å²) in [5, 5.41) is 3.22. The first kappa shape index (κ1) is 22.3. The second-order valence-electron chi connectivity index (χ2n) is 7.67. The summed E-state index contributed by atoms with van der Waals surface area (Å²) < 4.78 is 27.4. The van der Waals surface area contributed by atoms with Crippen LogP contribution in [-0.4, -0.2) is 36.6 Å². The standard InChI is InChI=1S/C23H24N4O3S2/c1-4-27-19-8-6-5-7-18(19)22-20(32(27,29)30)13-24-23(26-22)31-14-21(28)25-17-11-9-16(10-12-17)15(2)3/h5-13,15H,4,14H2,1-3H3,(H,25,28). The van der Waals surface area contributed by atoms with E-state index >= 15 is 0 Å². The normalized spacial score (nSPS) is 14.1. The van der Waals surface area contributed by atoms with Crippen LogP contribution in [0, 0.1) is 0 Å². The number of fused-ring (bicyclic) bond motifs is 3. The number of aromatic nitrogens is 2. The maximum atomic E-state index is 13.0. The molecule has 3 aromatic rings. The van der Waals surface area contributed by atoms with E-state index in [4.69, 9.17) is 0 Å². The van der Waals surface area contributed by atoms with Crippen LogP contribution in [0.15, 0.2) is 64.8 Å². The third-order valence-corrected chi connectivity index (χ3v) is 7.96. The zero-order valence-electron chi connectivity index (χ0n) is 18.1. The van der Waals surface area contributed by atoms with Crippen LogP contribution in [0.1, 0.15) is 32.3 Å². The van der Waals surface area contributed by atoms with E-state index in [1.54, 1.807) is 19.1 Å². The van der Waals surface area contributed by atoms with Gasteiger partial charge in [-0.25, -0.2) is 18.4 Å². The van der Waals surface area contributed by atoms with E-state index in [2.05, 4.69) is 29.1 Å². The number of anilines is 2. The summed E-state index contributed by atoms with van der Waals surface area (Å²) in [6, 6.07) is 15.0. The molecule has 0 saturated heterocycles. The molecular weight excluding hydrogens is 444 g/mol. The van der Waals surface area contributed by atoms with Crippen molar-refractivity contribution in [1.82, 2.24) is 9.97 Å². The number of thioether (sulfide) groups is 1. The van der Waals surface area contributed by atoms with Crippen molar-refractivity contribution < 1.29 is 13.2 Å². The molecule has 4 rings (SSSR count). The summed E-state index contributed by atoms with van der Waals surface area (Å²) in [7, 11) is -3.73. The SMILES string of the molecule is CCN1c2ccccc2-c2nc(SCC(=O)Nc3ccc(C(C)C)cc3)ncc2S1(=O)=O. The van der Waals surface area contributed by atoms with Gasteiger partial charge in [0, 0.05) is 17.8 Å². The second-order valence-corrected chi connectivity index (χ2v) is 10.4. The van der Waals surface area contributed by atoms with E-state index in [1.807, 2.05) is 36.4 Å². The van der Waals surface area contributed by atoms with Gasteiger partial charge >= 0.3 is 0 Å². The molecule has 0 unspecified atom stereocenters. The van der Waals surface area contributed by atoms with Crippen LogP contribution in [0.4, 0.5) is 11.4 Å². The Morgan fingerprint density at radius 3 is 2.53 bits per heavy atom. The molecule has 0 bridgehead atoms. The lowest BCUT2D eigenvalue weighted by molar-refractivity contribution is -0.113. The predicted octanol–water partition coefficient (Wildman–Crippen LogP) is 4.53. The molecule has 2 aromatic carbocycles. The molecule has 1 aliphatic heterocycles. The van der Waals surface area contributed by atoms with E-state index in [0.717, 1.165) is 11.3 Å². The summed E-state index contributed by atoms with van der Waals surface area (Å²) >= 11 is 1.17. The number of hydrogen-bond donors (Lipinski definition) is 1. The van der Waals surface area contributed by atoms with Gasteiger partial charge in [-0.05, 0) is 36.6 Å². The van der Waals surface area contributed by atoms with Gasteiger partial charge in [0.1, 0.15) is 4.90 Å². The van der Waals surface area contributed by atoms with Crippen molar-refractivity contribution in [2.24, 2.45) is 0 Å². The average Bonchev–Trinajstić information content (AvgIpc) is 2.78. The Kier molecular flexibility index (Phi) is 6.21. The monoisotopic (exact) mass is 468 g/mol. The van der Waals surface area contributed by atoms with E-state index in [-0.39, 0.29) is 16.6 Å². The zero-order chi connectivity index (χ0) is 22.9. The number of nitrogens with zero attached hydrogens (tertiary/aromatic N) is 3. The smallest absolute Gasteiger partial charge is 0.268 e. The molecule has 0 radical (unpaired) electrons. The van der Waals surface area contributed by atoms with Crippen molar-refractivity contribution >= 4 is 39.1 Å². The summed E-state index contributed by atoms with van der Waals surface area (Å²) in [6.45, 7) is 6.34. The summed E-state index contributed by atoms with van der Waals surface area (Å²) in [5.74, 6) is 0.355. The number of carbonyl (C=O) groups excluding carboxylic acids is 1. The van der Waals surface area contributed by atoms with Crippen LogP contribution in [0.25, 0.3) is 11.3 Å². The molecule has 0 saturated carbocycles. The van der Waals surface area contributed by atoms with Gasteiger partial charge in [0.05, 0.1) is 23.3 Å². The van der Waals surface area contributed by atoms with Crippen LogP contribution < -0.4 is 9.62 Å². The third kappa shape index (κ3) is 4.22. The predicted molar refractivity (Wildman–Crippen MR) is 128 cm³/mol. The van der Waals surface area contributed by atoms with E-state index in [1.165, 1.54) is 27.8 Å². The van der Waals surface area contributed by atoms with E-state index in [9.17, 15) is 13.2 Å². The molecule has 0 fully saturated rings. The van der Waals surface area contributed by atoms with E-state index in [0.29, 0.717) is 29.0 Å². The molecule has 1 amide bonds. The highest BCUT2D eigenvalue weighted by Crippen LogP contribution is 2.41. The fourth-order valence-electron chi connectivity index (χ4n) is 3.56. The number of para-hydroxylation sites is 1. The highest BCUT2D eigenvalue weighted by molar-refractivity contribution is 7.99. The van der Waals surface area contributed by atoms with Crippen molar-refractivity contribution in [3.63, 3.8) is 0 Å². The lowest BCUT2D eigenvalue weighted by Crippen LogP contribution is -2.34. The molecule has 32 heavy (non-hydrogen) atoms. The highest BCUT2D eigenvalue weighted by atomic mass is 32.2. The second kappa shape index (κ2) is 8.91. The number of sulfonamides is 1. The molecule has 2 heterocycles. The minimum atomic E-state index is -3.73. The zero-order valence-corrected chi connectivity index (χ0v) is 19.7. The van der Waals surface area contributed by atoms with Gasteiger partial charge in [-0.15, -0.1) is 0 Å². The summed E-state index contributed by atoms with van der Waals surface area (Å²) in [4.78, 5) is 21.2.